The van der Waals surface area contributed by atoms with E-state index in [0.29, 0.717) is 5.56 Å². The number of nitrogens with zero attached hydrogens (tertiary/aromatic N) is 3. The predicted molar refractivity (Wildman–Crippen MR) is 97.2 cm³/mol. The quantitative estimate of drug-likeness (QED) is 0.709. The Labute approximate surface area is 151 Å². The van der Waals surface area contributed by atoms with Crippen LogP contribution in [0.3, 0.4) is 0 Å². The lowest BCUT2D eigenvalue weighted by Gasteiger charge is -2.13. The number of hydrogen-bond donors (Lipinski definition) is 0. The molecule has 0 radical (unpaired) electrons. The van der Waals surface area contributed by atoms with Crippen LogP contribution < -0.4 is 0 Å². The zero-order valence-electron chi connectivity index (χ0n) is 13.8. The van der Waals surface area contributed by atoms with Gasteiger partial charge < -0.3 is 0 Å². The highest BCUT2D eigenvalue weighted by atomic mass is 32.2. The highest BCUT2D eigenvalue weighted by Crippen LogP contribution is 2.27. The van der Waals surface area contributed by atoms with E-state index in [1.54, 1.807) is 10.9 Å². The van der Waals surface area contributed by atoms with Gasteiger partial charge in [-0.1, -0.05) is 30.3 Å². The SMILES string of the molecule is O=S(=O)(/C=C/c1ccc(F)cc1)N1Cc2cnn(-c3ccccc3)c2C1. The van der Waals surface area contributed by atoms with Crippen molar-refractivity contribution in [1.29, 1.82) is 0 Å². The van der Waals surface area contributed by atoms with E-state index in [0.717, 1.165) is 22.4 Å². The maximum absolute atomic E-state index is 12.9. The van der Waals surface area contributed by atoms with Crippen molar-refractivity contribution in [2.45, 2.75) is 13.1 Å². The van der Waals surface area contributed by atoms with Gasteiger partial charge in [0.2, 0.25) is 10.0 Å². The van der Waals surface area contributed by atoms with Crippen LogP contribution in [0.15, 0.2) is 66.2 Å². The maximum atomic E-state index is 12.9. The van der Waals surface area contributed by atoms with Gasteiger partial charge >= 0.3 is 0 Å². The second-order valence-electron chi connectivity index (χ2n) is 6.03. The molecule has 7 heteroatoms. The Morgan fingerprint density at radius 2 is 1.73 bits per heavy atom. The van der Waals surface area contributed by atoms with Gasteiger partial charge in [0.1, 0.15) is 5.82 Å². The maximum Gasteiger partial charge on any atom is 0.236 e. The lowest BCUT2D eigenvalue weighted by molar-refractivity contribution is 0.431. The molecule has 0 fully saturated rings. The lowest BCUT2D eigenvalue weighted by Crippen LogP contribution is -2.24. The van der Waals surface area contributed by atoms with Gasteiger partial charge in [0.05, 0.1) is 24.1 Å². The Balaban J connectivity index is 1.56. The van der Waals surface area contributed by atoms with Crippen molar-refractivity contribution in [1.82, 2.24) is 14.1 Å². The van der Waals surface area contributed by atoms with Gasteiger partial charge in [-0.25, -0.2) is 17.5 Å². The predicted octanol–water partition coefficient (Wildman–Crippen LogP) is 3.33. The molecule has 0 N–H and O–H groups in total. The number of fused-ring (bicyclic) bond motifs is 1. The molecule has 1 aromatic heterocycles. The first-order valence-corrected chi connectivity index (χ1v) is 9.58. The monoisotopic (exact) mass is 369 g/mol. The molecular formula is C19H16FN3O2S. The molecule has 0 amide bonds. The summed E-state index contributed by atoms with van der Waals surface area (Å²) >= 11 is 0. The Hall–Kier alpha value is -2.77. The smallest absolute Gasteiger partial charge is 0.236 e. The fourth-order valence-electron chi connectivity index (χ4n) is 2.92. The molecule has 5 nitrogen and oxygen atoms in total. The molecule has 0 unspecified atom stereocenters. The second kappa shape index (κ2) is 6.51. The molecule has 0 saturated heterocycles. The van der Waals surface area contributed by atoms with Crippen LogP contribution in [0.4, 0.5) is 4.39 Å². The van der Waals surface area contributed by atoms with E-state index >= 15 is 0 Å². The fraction of sp³-hybridized carbons (Fsp3) is 0.105. The number of halogens is 1. The molecule has 4 rings (SSSR count). The van der Waals surface area contributed by atoms with E-state index in [2.05, 4.69) is 5.10 Å². The van der Waals surface area contributed by atoms with Gasteiger partial charge in [0, 0.05) is 17.5 Å². The summed E-state index contributed by atoms with van der Waals surface area (Å²) in [5, 5.41) is 5.53. The summed E-state index contributed by atoms with van der Waals surface area (Å²) in [6, 6.07) is 15.3. The zero-order valence-corrected chi connectivity index (χ0v) is 14.6. The summed E-state index contributed by atoms with van der Waals surface area (Å²) in [7, 11) is -3.59. The Kier molecular flexibility index (Phi) is 4.18. The molecule has 1 aliphatic rings. The zero-order chi connectivity index (χ0) is 18.1. The van der Waals surface area contributed by atoms with Crippen LogP contribution in [0.25, 0.3) is 11.8 Å². The van der Waals surface area contributed by atoms with E-state index in [-0.39, 0.29) is 18.9 Å². The summed E-state index contributed by atoms with van der Waals surface area (Å²) in [6.45, 7) is 0.554. The summed E-state index contributed by atoms with van der Waals surface area (Å²) in [6.07, 6.45) is 3.18. The van der Waals surface area contributed by atoms with Gasteiger partial charge in [-0.15, -0.1) is 0 Å². The molecular weight excluding hydrogens is 353 g/mol. The minimum atomic E-state index is -3.59. The van der Waals surface area contributed by atoms with Gasteiger partial charge in [-0.3, -0.25) is 0 Å². The van der Waals surface area contributed by atoms with E-state index in [1.807, 2.05) is 30.3 Å². The second-order valence-corrected chi connectivity index (χ2v) is 7.85. The molecule has 1 aliphatic heterocycles. The Morgan fingerprint density at radius 1 is 1.00 bits per heavy atom. The summed E-state index contributed by atoms with van der Waals surface area (Å²) in [5.41, 5.74) is 3.29. The van der Waals surface area contributed by atoms with Crippen LogP contribution in [0.1, 0.15) is 16.8 Å². The largest absolute Gasteiger partial charge is 0.236 e. The van der Waals surface area contributed by atoms with Crippen molar-refractivity contribution < 1.29 is 12.8 Å². The topological polar surface area (TPSA) is 55.2 Å². The van der Waals surface area contributed by atoms with Gasteiger partial charge in [0.25, 0.3) is 0 Å². The molecule has 0 saturated carbocycles. The van der Waals surface area contributed by atoms with Gasteiger partial charge in [-0.05, 0) is 35.9 Å². The first-order chi connectivity index (χ1) is 12.5. The molecule has 3 aromatic rings. The molecule has 0 bridgehead atoms. The Morgan fingerprint density at radius 3 is 2.46 bits per heavy atom. The van der Waals surface area contributed by atoms with Crippen molar-refractivity contribution >= 4 is 16.1 Å². The molecule has 2 heterocycles. The fourth-order valence-corrected chi connectivity index (χ4v) is 4.04. The summed E-state index contributed by atoms with van der Waals surface area (Å²) in [5.74, 6) is -0.356. The first kappa shape index (κ1) is 16.7. The average molecular weight is 369 g/mol. The van der Waals surface area contributed by atoms with E-state index in [9.17, 15) is 12.8 Å². The molecule has 26 heavy (non-hydrogen) atoms. The van der Waals surface area contributed by atoms with Gasteiger partial charge in [-0.2, -0.15) is 9.40 Å². The van der Waals surface area contributed by atoms with Crippen LogP contribution in [-0.4, -0.2) is 22.5 Å². The van der Waals surface area contributed by atoms with E-state index < -0.39 is 10.0 Å². The molecule has 132 valence electrons. The number of sulfonamides is 1. The van der Waals surface area contributed by atoms with Crippen LogP contribution in [0.5, 0.6) is 0 Å². The minimum Gasteiger partial charge on any atom is -0.236 e. The van der Waals surface area contributed by atoms with Gasteiger partial charge in [0.15, 0.2) is 0 Å². The van der Waals surface area contributed by atoms with Crippen molar-refractivity contribution in [3.8, 4) is 5.69 Å². The average Bonchev–Trinajstić information content (AvgIpc) is 3.23. The number of benzene rings is 2. The third kappa shape index (κ3) is 3.18. The third-order valence-electron chi connectivity index (χ3n) is 4.29. The molecule has 2 aromatic carbocycles. The highest BCUT2D eigenvalue weighted by molar-refractivity contribution is 7.92. The van der Waals surface area contributed by atoms with Crippen LogP contribution in [-0.2, 0) is 23.1 Å². The summed E-state index contributed by atoms with van der Waals surface area (Å²) in [4.78, 5) is 0. The number of aromatic nitrogens is 2. The van der Waals surface area contributed by atoms with Crippen molar-refractivity contribution in [2.75, 3.05) is 0 Å². The molecule has 0 aliphatic carbocycles. The van der Waals surface area contributed by atoms with Crippen LogP contribution in [0.2, 0.25) is 0 Å². The van der Waals surface area contributed by atoms with Crippen molar-refractivity contribution in [3.05, 3.63) is 88.8 Å². The standard InChI is InChI=1S/C19H16FN3O2S/c20-17-8-6-15(7-9-17)10-11-26(24,25)22-13-16-12-21-23(19(16)14-22)18-4-2-1-3-5-18/h1-12H,13-14H2/b11-10+. The van der Waals surface area contributed by atoms with Crippen molar-refractivity contribution in [2.24, 2.45) is 0 Å². The molecule has 0 spiro atoms. The minimum absolute atomic E-state index is 0.264. The molecule has 0 atom stereocenters. The van der Waals surface area contributed by atoms with Crippen LogP contribution in [0, 0.1) is 5.82 Å². The number of para-hydroxylation sites is 1. The van der Waals surface area contributed by atoms with Crippen LogP contribution >= 0.6 is 0 Å². The number of rotatable bonds is 4. The highest BCUT2D eigenvalue weighted by Gasteiger charge is 2.30. The number of hydrogen-bond acceptors (Lipinski definition) is 3. The van der Waals surface area contributed by atoms with E-state index in [4.69, 9.17) is 0 Å². The lowest BCUT2D eigenvalue weighted by atomic mass is 10.2. The normalized spacial score (nSPS) is 14.8. The van der Waals surface area contributed by atoms with Crippen molar-refractivity contribution in [3.63, 3.8) is 0 Å². The summed E-state index contributed by atoms with van der Waals surface area (Å²) < 4.78 is 41.4. The first-order valence-electron chi connectivity index (χ1n) is 8.08. The Bertz CT molecular complexity index is 1060. The van der Waals surface area contributed by atoms with E-state index in [1.165, 1.54) is 34.6 Å². The third-order valence-corrected chi connectivity index (χ3v) is 5.75.